The number of aromatic nitrogens is 3. The lowest BCUT2D eigenvalue weighted by molar-refractivity contribution is -0.142. The van der Waals surface area contributed by atoms with Gasteiger partial charge in [-0.25, -0.2) is 9.50 Å². The third-order valence-electron chi connectivity index (χ3n) is 2.01. The fourth-order valence-electron chi connectivity index (χ4n) is 1.36. The van der Waals surface area contributed by atoms with Crippen molar-refractivity contribution < 1.29 is 13.2 Å². The second-order valence-electron chi connectivity index (χ2n) is 3.19. The Kier molecular flexibility index (Phi) is 2.08. The molecule has 16 heavy (non-hydrogen) atoms. The number of fused-ring (bicyclic) bond motifs is 1. The smallest absolute Gasteiger partial charge is 0.233 e. The van der Waals surface area contributed by atoms with E-state index < -0.39 is 11.9 Å². The molecule has 2 rings (SSSR count). The van der Waals surface area contributed by atoms with Gasteiger partial charge in [0.25, 0.3) is 0 Å². The fraction of sp³-hybridized carbons (Fsp3) is 0.222. The van der Waals surface area contributed by atoms with E-state index in [1.54, 1.807) is 6.07 Å². The lowest BCUT2D eigenvalue weighted by Gasteiger charge is -2.09. The number of rotatable bonds is 0. The molecule has 0 spiro atoms. The zero-order valence-corrected chi connectivity index (χ0v) is 8.08. The van der Waals surface area contributed by atoms with E-state index in [0.29, 0.717) is 4.52 Å². The van der Waals surface area contributed by atoms with Crippen LogP contribution in [-0.4, -0.2) is 14.6 Å². The van der Waals surface area contributed by atoms with E-state index in [4.69, 9.17) is 5.26 Å². The Morgan fingerprint density at radius 3 is 2.69 bits per heavy atom. The van der Waals surface area contributed by atoms with Crippen LogP contribution < -0.4 is 0 Å². The normalized spacial score (nSPS) is 11.7. The number of halogens is 3. The number of hydrogen-bond donors (Lipinski definition) is 0. The molecule has 0 aliphatic heterocycles. The van der Waals surface area contributed by atoms with Crippen molar-refractivity contribution in [3.8, 4) is 6.07 Å². The average Bonchev–Trinajstić information content (AvgIpc) is 2.57. The van der Waals surface area contributed by atoms with Crippen LogP contribution in [0.1, 0.15) is 17.0 Å². The minimum atomic E-state index is -4.52. The minimum Gasteiger partial charge on any atom is -0.233 e. The van der Waals surface area contributed by atoms with E-state index in [2.05, 4.69) is 10.1 Å². The lowest BCUT2D eigenvalue weighted by atomic mass is 10.3. The molecule has 0 unspecified atom stereocenters. The molecule has 0 aromatic carbocycles. The molecule has 0 bridgehead atoms. The Balaban J connectivity index is 2.86. The molecule has 0 aliphatic carbocycles. The molecule has 4 nitrogen and oxygen atoms in total. The summed E-state index contributed by atoms with van der Waals surface area (Å²) in [5, 5.41) is 12.2. The van der Waals surface area contributed by atoms with Gasteiger partial charge in [-0.2, -0.15) is 23.5 Å². The van der Waals surface area contributed by atoms with Gasteiger partial charge in [-0.3, -0.25) is 0 Å². The summed E-state index contributed by atoms with van der Waals surface area (Å²) in [6.07, 6.45) is -3.46. The van der Waals surface area contributed by atoms with Crippen LogP contribution in [0.4, 0.5) is 13.2 Å². The predicted octanol–water partition coefficient (Wildman–Crippen LogP) is 1.93. The highest BCUT2D eigenvalue weighted by molar-refractivity contribution is 5.54. The summed E-state index contributed by atoms with van der Waals surface area (Å²) in [5.41, 5.74) is -0.794. The molecule has 2 heterocycles. The van der Waals surface area contributed by atoms with Crippen molar-refractivity contribution in [2.75, 3.05) is 0 Å². The van der Waals surface area contributed by atoms with E-state index >= 15 is 0 Å². The largest absolute Gasteiger partial charge is 0.433 e. The zero-order chi connectivity index (χ0) is 11.9. The summed E-state index contributed by atoms with van der Waals surface area (Å²) in [7, 11) is 0. The molecule has 0 N–H and O–H groups in total. The van der Waals surface area contributed by atoms with Crippen LogP contribution in [0.25, 0.3) is 5.65 Å². The first-order valence-corrected chi connectivity index (χ1v) is 4.26. The van der Waals surface area contributed by atoms with Gasteiger partial charge in [0.15, 0.2) is 5.65 Å². The molecule has 0 fully saturated rings. The Morgan fingerprint density at radius 2 is 2.12 bits per heavy atom. The van der Waals surface area contributed by atoms with Crippen molar-refractivity contribution in [1.82, 2.24) is 14.6 Å². The summed E-state index contributed by atoms with van der Waals surface area (Å²) in [4.78, 5) is 3.86. The average molecular weight is 226 g/mol. The Hall–Kier alpha value is -2.10. The highest BCUT2D eigenvalue weighted by atomic mass is 19.4. The van der Waals surface area contributed by atoms with E-state index in [9.17, 15) is 13.2 Å². The maximum absolute atomic E-state index is 12.6. The van der Waals surface area contributed by atoms with Gasteiger partial charge >= 0.3 is 6.18 Å². The third kappa shape index (κ3) is 1.48. The van der Waals surface area contributed by atoms with Gasteiger partial charge in [-0.15, -0.1) is 0 Å². The molecule has 2 aromatic rings. The third-order valence-corrected chi connectivity index (χ3v) is 2.01. The van der Waals surface area contributed by atoms with Crippen molar-refractivity contribution in [2.45, 2.75) is 13.1 Å². The van der Waals surface area contributed by atoms with Gasteiger partial charge in [-0.1, -0.05) is 0 Å². The molecule has 0 atom stereocenters. The van der Waals surface area contributed by atoms with Crippen molar-refractivity contribution >= 4 is 5.65 Å². The molecule has 0 saturated carbocycles. The molecule has 0 amide bonds. The molecule has 2 aromatic heterocycles. The molecule has 0 saturated heterocycles. The first-order chi connectivity index (χ1) is 7.43. The zero-order valence-electron chi connectivity index (χ0n) is 8.08. The van der Waals surface area contributed by atoms with Gasteiger partial charge in [-0.05, 0) is 13.0 Å². The van der Waals surface area contributed by atoms with Crippen LogP contribution >= 0.6 is 0 Å². The van der Waals surface area contributed by atoms with Crippen LogP contribution in [0.5, 0.6) is 0 Å². The number of alkyl halides is 3. The van der Waals surface area contributed by atoms with Crippen LogP contribution in [-0.2, 0) is 6.18 Å². The van der Waals surface area contributed by atoms with Crippen LogP contribution in [0.15, 0.2) is 12.3 Å². The van der Waals surface area contributed by atoms with Crippen molar-refractivity contribution in [2.24, 2.45) is 0 Å². The topological polar surface area (TPSA) is 54.0 Å². The maximum atomic E-state index is 12.6. The molecular weight excluding hydrogens is 221 g/mol. The van der Waals surface area contributed by atoms with E-state index in [0.717, 1.165) is 12.3 Å². The van der Waals surface area contributed by atoms with Crippen LogP contribution in [0.2, 0.25) is 0 Å². The summed E-state index contributed by atoms with van der Waals surface area (Å²) in [5.74, 6) is 0. The number of nitriles is 1. The summed E-state index contributed by atoms with van der Waals surface area (Å²) in [6, 6.07) is 2.63. The monoisotopic (exact) mass is 226 g/mol. The minimum absolute atomic E-state index is 0.0224. The van der Waals surface area contributed by atoms with Crippen molar-refractivity contribution in [3.63, 3.8) is 0 Å². The van der Waals surface area contributed by atoms with E-state index in [-0.39, 0.29) is 16.9 Å². The molecule has 0 aliphatic rings. The predicted molar refractivity (Wildman–Crippen MR) is 47.4 cm³/mol. The van der Waals surface area contributed by atoms with Crippen LogP contribution in [0, 0.1) is 18.3 Å². The fourth-order valence-corrected chi connectivity index (χ4v) is 1.36. The second-order valence-corrected chi connectivity index (χ2v) is 3.19. The lowest BCUT2D eigenvalue weighted by Crippen LogP contribution is -2.13. The first-order valence-electron chi connectivity index (χ1n) is 4.26. The number of hydrogen-bond acceptors (Lipinski definition) is 3. The molecule has 7 heteroatoms. The molecule has 0 radical (unpaired) electrons. The highest BCUT2D eigenvalue weighted by Gasteiger charge is 2.35. The number of nitrogens with zero attached hydrogens (tertiary/aromatic N) is 4. The Labute approximate surface area is 87.9 Å². The molecular formula is C9H5F3N4. The van der Waals surface area contributed by atoms with Gasteiger partial charge < -0.3 is 0 Å². The standard InChI is InChI=1S/C9H5F3N4/c1-5-2-7(9(10,11)12)16-8(15-5)6(3-13)4-14-16/h2,4H,1H3. The van der Waals surface area contributed by atoms with Crippen molar-refractivity contribution in [3.05, 3.63) is 29.2 Å². The van der Waals surface area contributed by atoms with E-state index in [1.165, 1.54) is 6.92 Å². The van der Waals surface area contributed by atoms with Gasteiger partial charge in [0.2, 0.25) is 0 Å². The summed E-state index contributed by atoms with van der Waals surface area (Å²) >= 11 is 0. The van der Waals surface area contributed by atoms with Gasteiger partial charge in [0.1, 0.15) is 17.3 Å². The number of aryl methyl sites for hydroxylation is 1. The quantitative estimate of drug-likeness (QED) is 0.689. The highest BCUT2D eigenvalue weighted by Crippen LogP contribution is 2.29. The van der Waals surface area contributed by atoms with E-state index in [1.807, 2.05) is 0 Å². The first kappa shape index (κ1) is 10.4. The van der Waals surface area contributed by atoms with Crippen LogP contribution in [0.3, 0.4) is 0 Å². The van der Waals surface area contributed by atoms with Crippen molar-refractivity contribution in [1.29, 1.82) is 5.26 Å². The SMILES string of the molecule is Cc1cc(C(F)(F)F)n2ncc(C#N)c2n1. The maximum Gasteiger partial charge on any atom is 0.433 e. The Morgan fingerprint density at radius 1 is 1.44 bits per heavy atom. The van der Waals surface area contributed by atoms with Gasteiger partial charge in [0, 0.05) is 5.69 Å². The molecule has 82 valence electrons. The summed E-state index contributed by atoms with van der Waals surface area (Å²) < 4.78 is 38.5. The van der Waals surface area contributed by atoms with Gasteiger partial charge in [0.05, 0.1) is 6.20 Å². The summed E-state index contributed by atoms with van der Waals surface area (Å²) in [6.45, 7) is 1.43. The Bertz CT molecular complexity index is 591. The second kappa shape index (κ2) is 3.20.